The van der Waals surface area contributed by atoms with Crippen molar-refractivity contribution >= 4 is 0 Å². The van der Waals surface area contributed by atoms with Gasteiger partial charge in [-0.1, -0.05) is 0 Å². The third-order valence-electron chi connectivity index (χ3n) is 3.76. The fourth-order valence-corrected chi connectivity index (χ4v) is 3.10. The Hall–Kier alpha value is -1.00. The van der Waals surface area contributed by atoms with E-state index >= 15 is 0 Å². The third-order valence-corrected chi connectivity index (χ3v) is 3.76. The van der Waals surface area contributed by atoms with Gasteiger partial charge >= 0.3 is 0 Å². The lowest BCUT2D eigenvalue weighted by atomic mass is 10.0. The highest BCUT2D eigenvalue weighted by molar-refractivity contribution is 5.01. The summed E-state index contributed by atoms with van der Waals surface area (Å²) in [5, 5.41) is 8.08. The molecular weight excluding hydrogens is 200 g/mol. The molecule has 86 valence electrons. The van der Waals surface area contributed by atoms with E-state index in [9.17, 15) is 0 Å². The van der Waals surface area contributed by atoms with Crippen molar-refractivity contribution in [3.63, 3.8) is 0 Å². The van der Waals surface area contributed by atoms with Crippen molar-refractivity contribution in [3.8, 4) is 0 Å². The minimum absolute atomic E-state index is 0.877. The van der Waals surface area contributed by atoms with E-state index in [1.54, 1.807) is 6.20 Å². The average Bonchev–Trinajstić information content (AvgIpc) is 2.76. The normalized spacial score (nSPS) is 30.8. The van der Waals surface area contributed by atoms with Gasteiger partial charge in [0.05, 0.1) is 5.69 Å². The van der Waals surface area contributed by atoms with Gasteiger partial charge in [-0.15, -0.1) is 0 Å². The zero-order valence-corrected chi connectivity index (χ0v) is 9.71. The molecule has 4 nitrogen and oxygen atoms in total. The van der Waals surface area contributed by atoms with Gasteiger partial charge < -0.3 is 4.90 Å². The number of fused-ring (bicyclic) bond motifs is 1. The lowest BCUT2D eigenvalue weighted by Crippen LogP contribution is -2.26. The summed E-state index contributed by atoms with van der Waals surface area (Å²) in [5.74, 6) is 1.75. The number of hydrogen-bond acceptors (Lipinski definition) is 4. The Bertz CT molecular complexity index is 339. The smallest absolute Gasteiger partial charge is 0.0771 e. The molecule has 0 amide bonds. The standard InChI is InChI=1S/C12H18N4/c1-15-5-10-7-16(8-11(10)6-15)9-12-3-2-4-13-14-12/h2-4,10-11H,5-9H2,1H3. The van der Waals surface area contributed by atoms with Gasteiger partial charge in [0.15, 0.2) is 0 Å². The zero-order chi connectivity index (χ0) is 11.0. The number of hydrogen-bond donors (Lipinski definition) is 0. The molecule has 0 aromatic carbocycles. The summed E-state index contributed by atoms with van der Waals surface area (Å²) >= 11 is 0. The zero-order valence-electron chi connectivity index (χ0n) is 9.71. The first-order valence-corrected chi connectivity index (χ1v) is 5.99. The van der Waals surface area contributed by atoms with Crippen LogP contribution in [0.4, 0.5) is 0 Å². The van der Waals surface area contributed by atoms with Crippen LogP contribution in [-0.2, 0) is 6.54 Å². The van der Waals surface area contributed by atoms with E-state index in [2.05, 4.69) is 33.1 Å². The maximum absolute atomic E-state index is 4.15. The van der Waals surface area contributed by atoms with Crippen molar-refractivity contribution in [2.45, 2.75) is 6.54 Å². The van der Waals surface area contributed by atoms with Gasteiger partial charge in [0, 0.05) is 38.9 Å². The highest BCUT2D eigenvalue weighted by atomic mass is 15.2. The van der Waals surface area contributed by atoms with Crippen molar-refractivity contribution in [2.24, 2.45) is 11.8 Å². The number of aromatic nitrogens is 2. The van der Waals surface area contributed by atoms with Crippen LogP contribution in [0.5, 0.6) is 0 Å². The maximum atomic E-state index is 4.15. The predicted molar refractivity (Wildman–Crippen MR) is 61.8 cm³/mol. The van der Waals surface area contributed by atoms with Crippen LogP contribution in [0.2, 0.25) is 0 Å². The van der Waals surface area contributed by atoms with Gasteiger partial charge in [-0.3, -0.25) is 4.90 Å². The van der Waals surface area contributed by atoms with Gasteiger partial charge in [-0.25, -0.2) is 0 Å². The van der Waals surface area contributed by atoms with Crippen LogP contribution in [0.15, 0.2) is 18.3 Å². The van der Waals surface area contributed by atoms with E-state index in [0.29, 0.717) is 0 Å². The summed E-state index contributed by atoms with van der Waals surface area (Å²) in [6.07, 6.45) is 1.73. The predicted octanol–water partition coefficient (Wildman–Crippen LogP) is 0.470. The van der Waals surface area contributed by atoms with Crippen molar-refractivity contribution in [1.82, 2.24) is 20.0 Å². The molecule has 1 aromatic rings. The minimum atomic E-state index is 0.877. The molecule has 3 heterocycles. The third kappa shape index (κ3) is 1.95. The van der Waals surface area contributed by atoms with Gasteiger partial charge in [0.2, 0.25) is 0 Å². The second kappa shape index (κ2) is 4.11. The Labute approximate surface area is 96.3 Å². The molecule has 0 aliphatic carbocycles. The van der Waals surface area contributed by atoms with E-state index in [-0.39, 0.29) is 0 Å². The summed E-state index contributed by atoms with van der Waals surface area (Å²) in [7, 11) is 2.23. The number of likely N-dealkylation sites (tertiary alicyclic amines) is 2. The molecule has 2 unspecified atom stereocenters. The first-order valence-electron chi connectivity index (χ1n) is 5.99. The highest BCUT2D eigenvalue weighted by Gasteiger charge is 2.38. The minimum Gasteiger partial charge on any atom is -0.306 e. The number of rotatable bonds is 2. The van der Waals surface area contributed by atoms with Crippen LogP contribution < -0.4 is 0 Å². The quantitative estimate of drug-likeness (QED) is 0.722. The molecule has 1 aromatic heterocycles. The summed E-state index contributed by atoms with van der Waals surface area (Å²) < 4.78 is 0. The van der Waals surface area contributed by atoms with E-state index in [0.717, 1.165) is 24.1 Å². The van der Waals surface area contributed by atoms with E-state index in [4.69, 9.17) is 0 Å². The molecule has 2 saturated heterocycles. The number of nitrogens with zero attached hydrogens (tertiary/aromatic N) is 4. The summed E-state index contributed by atoms with van der Waals surface area (Å²) in [4.78, 5) is 4.97. The van der Waals surface area contributed by atoms with Crippen molar-refractivity contribution in [2.75, 3.05) is 33.2 Å². The monoisotopic (exact) mass is 218 g/mol. The molecule has 2 atom stereocenters. The van der Waals surface area contributed by atoms with Gasteiger partial charge in [0.25, 0.3) is 0 Å². The molecule has 2 aliphatic rings. The first kappa shape index (κ1) is 10.2. The second-order valence-electron chi connectivity index (χ2n) is 5.15. The molecule has 16 heavy (non-hydrogen) atoms. The molecule has 0 N–H and O–H groups in total. The molecule has 0 bridgehead atoms. The fraction of sp³-hybridized carbons (Fsp3) is 0.667. The van der Waals surface area contributed by atoms with Crippen molar-refractivity contribution in [3.05, 3.63) is 24.0 Å². The Morgan fingerprint density at radius 3 is 2.62 bits per heavy atom. The molecule has 2 aliphatic heterocycles. The molecule has 3 rings (SSSR count). The Kier molecular flexibility index (Phi) is 2.61. The lowest BCUT2D eigenvalue weighted by Gasteiger charge is -2.17. The van der Waals surface area contributed by atoms with Crippen molar-refractivity contribution in [1.29, 1.82) is 0 Å². The topological polar surface area (TPSA) is 32.3 Å². The van der Waals surface area contributed by atoms with Crippen molar-refractivity contribution < 1.29 is 0 Å². The second-order valence-corrected chi connectivity index (χ2v) is 5.15. The Morgan fingerprint density at radius 2 is 2.00 bits per heavy atom. The van der Waals surface area contributed by atoms with Crippen LogP contribution in [-0.4, -0.2) is 53.2 Å². The SMILES string of the molecule is CN1CC2CN(Cc3cccnn3)CC2C1. The Morgan fingerprint density at radius 1 is 1.25 bits per heavy atom. The molecular formula is C12H18N4. The fourth-order valence-electron chi connectivity index (χ4n) is 3.10. The maximum Gasteiger partial charge on any atom is 0.0771 e. The molecule has 0 saturated carbocycles. The van der Waals surface area contributed by atoms with E-state index in [1.807, 2.05) is 6.07 Å². The molecule has 0 spiro atoms. The average molecular weight is 218 g/mol. The van der Waals surface area contributed by atoms with Crippen LogP contribution in [0.25, 0.3) is 0 Å². The molecule has 2 fully saturated rings. The van der Waals surface area contributed by atoms with Gasteiger partial charge in [-0.2, -0.15) is 10.2 Å². The van der Waals surface area contributed by atoms with Crippen LogP contribution in [0, 0.1) is 11.8 Å². The molecule has 4 heteroatoms. The summed E-state index contributed by atoms with van der Waals surface area (Å²) in [5.41, 5.74) is 1.09. The Balaban J connectivity index is 1.60. The summed E-state index contributed by atoms with van der Waals surface area (Å²) in [6, 6.07) is 4.03. The van der Waals surface area contributed by atoms with Crippen LogP contribution in [0.1, 0.15) is 5.69 Å². The van der Waals surface area contributed by atoms with Gasteiger partial charge in [0.1, 0.15) is 0 Å². The molecule has 0 radical (unpaired) electrons. The first-order chi connectivity index (χ1) is 7.81. The summed E-state index contributed by atoms with van der Waals surface area (Å²) in [6.45, 7) is 5.95. The largest absolute Gasteiger partial charge is 0.306 e. The van der Waals surface area contributed by atoms with Crippen LogP contribution in [0.3, 0.4) is 0 Å². The van der Waals surface area contributed by atoms with E-state index in [1.165, 1.54) is 26.2 Å². The van der Waals surface area contributed by atoms with Crippen LogP contribution >= 0.6 is 0 Å². The lowest BCUT2D eigenvalue weighted by molar-refractivity contribution is 0.269. The van der Waals surface area contributed by atoms with Gasteiger partial charge in [-0.05, 0) is 31.0 Å². The highest BCUT2D eigenvalue weighted by Crippen LogP contribution is 2.30. The van der Waals surface area contributed by atoms with E-state index < -0.39 is 0 Å².